The molecule has 3 N–H and O–H groups in total. The summed E-state index contributed by atoms with van der Waals surface area (Å²) in [5.74, 6) is 1.42. The Bertz CT molecular complexity index is 835. The van der Waals surface area contributed by atoms with Crippen molar-refractivity contribution in [2.45, 2.75) is 4.90 Å². The predicted octanol–water partition coefficient (Wildman–Crippen LogP) is 3.22. The number of nitrogens with one attached hydrogen (secondary N) is 3. The number of carbonyl (C=O) groups is 1. The first-order valence-corrected chi connectivity index (χ1v) is 9.37. The number of urea groups is 1. The first-order chi connectivity index (χ1) is 12.7. The van der Waals surface area contributed by atoms with Gasteiger partial charge in [0.25, 0.3) is 0 Å². The molecule has 0 atom stereocenters. The van der Waals surface area contributed by atoms with Crippen molar-refractivity contribution < 1.29 is 4.79 Å². The second kappa shape index (κ2) is 8.91. The van der Waals surface area contributed by atoms with Crippen molar-refractivity contribution in [2.24, 2.45) is 0 Å². The van der Waals surface area contributed by atoms with E-state index in [1.54, 1.807) is 11.8 Å². The van der Waals surface area contributed by atoms with Crippen LogP contribution >= 0.6 is 11.8 Å². The van der Waals surface area contributed by atoms with E-state index in [0.29, 0.717) is 18.9 Å². The van der Waals surface area contributed by atoms with Crippen molar-refractivity contribution in [2.75, 3.05) is 30.0 Å². The minimum absolute atomic E-state index is 0.237. The molecule has 2 aromatic heterocycles. The lowest BCUT2D eigenvalue weighted by atomic mass is 10.3. The van der Waals surface area contributed by atoms with Gasteiger partial charge in [0.15, 0.2) is 5.82 Å². The van der Waals surface area contributed by atoms with Gasteiger partial charge in [0.05, 0.1) is 0 Å². The molecule has 2 amide bonds. The standard InChI is InChI=1S/C18H20N6OS/c1-26-15-6-4-5-14(13-15)21-18(25)20-10-9-19-16-7-8-17(23-22-16)24-11-2-3-12-24/h2-8,11-13H,9-10H2,1H3,(H,19,22)(H2,20,21,25). The Hall–Kier alpha value is -3.00. The number of benzene rings is 1. The van der Waals surface area contributed by atoms with E-state index in [1.165, 1.54) is 0 Å². The third-order valence-corrected chi connectivity index (χ3v) is 4.29. The molecule has 2 heterocycles. The Morgan fingerprint density at radius 1 is 1.08 bits per heavy atom. The summed E-state index contributed by atoms with van der Waals surface area (Å²) in [5.41, 5.74) is 0.772. The molecule has 0 saturated heterocycles. The van der Waals surface area contributed by atoms with E-state index >= 15 is 0 Å². The Morgan fingerprint density at radius 2 is 1.92 bits per heavy atom. The Morgan fingerprint density at radius 3 is 2.65 bits per heavy atom. The van der Waals surface area contributed by atoms with Crippen LogP contribution in [0, 0.1) is 0 Å². The fraction of sp³-hybridized carbons (Fsp3) is 0.167. The number of rotatable bonds is 7. The van der Waals surface area contributed by atoms with Gasteiger partial charge in [0.1, 0.15) is 5.82 Å². The second-order valence-electron chi connectivity index (χ2n) is 5.41. The molecule has 7 nitrogen and oxygen atoms in total. The zero-order valence-electron chi connectivity index (χ0n) is 14.3. The molecule has 0 fully saturated rings. The van der Waals surface area contributed by atoms with Gasteiger partial charge in [-0.15, -0.1) is 22.0 Å². The number of thioether (sulfide) groups is 1. The molecule has 1 aromatic carbocycles. The van der Waals surface area contributed by atoms with E-state index in [2.05, 4.69) is 26.1 Å². The van der Waals surface area contributed by atoms with Gasteiger partial charge < -0.3 is 20.5 Å². The summed E-state index contributed by atoms with van der Waals surface area (Å²) in [6.07, 6.45) is 5.82. The molecule has 0 aliphatic rings. The summed E-state index contributed by atoms with van der Waals surface area (Å²) in [5, 5.41) is 17.0. The van der Waals surface area contributed by atoms with Gasteiger partial charge in [-0.2, -0.15) is 0 Å². The van der Waals surface area contributed by atoms with Crippen LogP contribution in [0.5, 0.6) is 0 Å². The molecule has 0 aliphatic carbocycles. The van der Waals surface area contributed by atoms with Crippen molar-refractivity contribution in [3.05, 3.63) is 60.9 Å². The van der Waals surface area contributed by atoms with E-state index in [9.17, 15) is 4.79 Å². The van der Waals surface area contributed by atoms with Crippen LogP contribution in [0.25, 0.3) is 5.82 Å². The fourth-order valence-corrected chi connectivity index (χ4v) is 2.75. The maximum Gasteiger partial charge on any atom is 0.319 e. The molecule has 0 saturated carbocycles. The van der Waals surface area contributed by atoms with Crippen molar-refractivity contribution in [3.63, 3.8) is 0 Å². The molecule has 134 valence electrons. The number of aromatic nitrogens is 3. The van der Waals surface area contributed by atoms with E-state index in [4.69, 9.17) is 0 Å². The monoisotopic (exact) mass is 368 g/mol. The van der Waals surface area contributed by atoms with E-state index in [0.717, 1.165) is 16.4 Å². The van der Waals surface area contributed by atoms with Gasteiger partial charge in [-0.25, -0.2) is 4.79 Å². The van der Waals surface area contributed by atoms with E-state index in [-0.39, 0.29) is 6.03 Å². The third-order valence-electron chi connectivity index (χ3n) is 3.56. The number of nitrogens with zero attached hydrogens (tertiary/aromatic N) is 3. The van der Waals surface area contributed by atoms with Crippen molar-refractivity contribution >= 4 is 29.3 Å². The van der Waals surface area contributed by atoms with Gasteiger partial charge in [-0.05, 0) is 48.7 Å². The van der Waals surface area contributed by atoms with E-state index in [1.807, 2.05) is 71.7 Å². The van der Waals surface area contributed by atoms with Crippen LogP contribution in [-0.4, -0.2) is 40.1 Å². The average molecular weight is 368 g/mol. The topological polar surface area (TPSA) is 83.9 Å². The molecule has 0 radical (unpaired) electrons. The van der Waals surface area contributed by atoms with Crippen LogP contribution in [0.1, 0.15) is 0 Å². The summed E-state index contributed by atoms with van der Waals surface area (Å²) in [6, 6.07) is 15.1. The quantitative estimate of drug-likeness (QED) is 0.440. The molecule has 0 unspecified atom stereocenters. The number of hydrogen-bond acceptors (Lipinski definition) is 5. The third kappa shape index (κ3) is 5.00. The lowest BCUT2D eigenvalue weighted by Gasteiger charge is -2.09. The van der Waals surface area contributed by atoms with Crippen LogP contribution in [0.3, 0.4) is 0 Å². The normalized spacial score (nSPS) is 10.3. The number of amides is 2. The maximum absolute atomic E-state index is 11.9. The molecule has 3 rings (SSSR count). The molecular weight excluding hydrogens is 348 g/mol. The largest absolute Gasteiger partial charge is 0.367 e. The molecule has 0 aliphatic heterocycles. The zero-order valence-corrected chi connectivity index (χ0v) is 15.2. The van der Waals surface area contributed by atoms with Gasteiger partial charge in [0.2, 0.25) is 0 Å². The van der Waals surface area contributed by atoms with Crippen LogP contribution in [0.15, 0.2) is 65.8 Å². The predicted molar refractivity (Wildman–Crippen MR) is 105 cm³/mol. The summed E-state index contributed by atoms with van der Waals surface area (Å²) in [4.78, 5) is 13.0. The van der Waals surface area contributed by atoms with E-state index < -0.39 is 0 Å². The van der Waals surface area contributed by atoms with Gasteiger partial charge in [0, 0.05) is 36.1 Å². The zero-order chi connectivity index (χ0) is 18.2. The number of carbonyl (C=O) groups excluding carboxylic acids is 1. The number of hydrogen-bond donors (Lipinski definition) is 3. The highest BCUT2D eigenvalue weighted by molar-refractivity contribution is 7.98. The summed E-state index contributed by atoms with van der Waals surface area (Å²) in [6.45, 7) is 1.02. The van der Waals surface area contributed by atoms with Crippen LogP contribution < -0.4 is 16.0 Å². The maximum atomic E-state index is 11.9. The van der Waals surface area contributed by atoms with Crippen LogP contribution in [0.4, 0.5) is 16.3 Å². The minimum Gasteiger partial charge on any atom is -0.367 e. The van der Waals surface area contributed by atoms with Crippen molar-refractivity contribution in [1.29, 1.82) is 0 Å². The smallest absolute Gasteiger partial charge is 0.319 e. The highest BCUT2D eigenvalue weighted by Crippen LogP contribution is 2.18. The Kier molecular flexibility index (Phi) is 6.10. The lowest BCUT2D eigenvalue weighted by Crippen LogP contribution is -2.32. The van der Waals surface area contributed by atoms with Gasteiger partial charge in [-0.1, -0.05) is 6.07 Å². The summed E-state index contributed by atoms with van der Waals surface area (Å²) >= 11 is 1.63. The highest BCUT2D eigenvalue weighted by Gasteiger charge is 2.02. The fourth-order valence-electron chi connectivity index (χ4n) is 2.29. The second-order valence-corrected chi connectivity index (χ2v) is 6.29. The first-order valence-electron chi connectivity index (χ1n) is 8.14. The summed E-state index contributed by atoms with van der Waals surface area (Å²) < 4.78 is 1.88. The molecular formula is C18H20N6OS. The molecule has 0 bridgehead atoms. The van der Waals surface area contributed by atoms with Crippen molar-refractivity contribution in [3.8, 4) is 5.82 Å². The Labute approximate surface area is 156 Å². The lowest BCUT2D eigenvalue weighted by molar-refractivity contribution is 0.252. The van der Waals surface area contributed by atoms with Crippen molar-refractivity contribution in [1.82, 2.24) is 20.1 Å². The van der Waals surface area contributed by atoms with Crippen LogP contribution in [-0.2, 0) is 0 Å². The molecule has 3 aromatic rings. The van der Waals surface area contributed by atoms with Gasteiger partial charge >= 0.3 is 6.03 Å². The molecule has 0 spiro atoms. The van der Waals surface area contributed by atoms with Crippen LogP contribution in [0.2, 0.25) is 0 Å². The Balaban J connectivity index is 1.40. The summed E-state index contributed by atoms with van der Waals surface area (Å²) in [7, 11) is 0. The van der Waals surface area contributed by atoms with Gasteiger partial charge in [-0.3, -0.25) is 0 Å². The number of anilines is 2. The highest BCUT2D eigenvalue weighted by atomic mass is 32.2. The minimum atomic E-state index is -0.237. The SMILES string of the molecule is CSc1cccc(NC(=O)NCCNc2ccc(-n3cccc3)nn2)c1. The molecule has 8 heteroatoms. The average Bonchev–Trinajstić information content (AvgIpc) is 3.21. The molecule has 26 heavy (non-hydrogen) atoms. The first kappa shape index (κ1) is 17.8.